The monoisotopic (exact) mass is 492 g/mol. The molecule has 1 heterocycles. The average molecular weight is 492 g/mol. The van der Waals surface area contributed by atoms with Crippen LogP contribution in [0.1, 0.15) is 31.2 Å². The molecule has 2 fully saturated rings. The summed E-state index contributed by atoms with van der Waals surface area (Å²) in [6, 6.07) is 6.75. The predicted molar refractivity (Wildman–Crippen MR) is 115 cm³/mol. The minimum Gasteiger partial charge on any atom is -0.356 e. The molecule has 1 aliphatic carbocycles. The summed E-state index contributed by atoms with van der Waals surface area (Å²) in [6.45, 7) is 3.01. The molecule has 2 unspecified atom stereocenters. The lowest BCUT2D eigenvalue weighted by molar-refractivity contribution is 0.299. The number of nitrogens with zero attached hydrogens (tertiary/aromatic N) is 2. The van der Waals surface area contributed by atoms with Gasteiger partial charge in [-0.15, -0.1) is 24.0 Å². The van der Waals surface area contributed by atoms with Gasteiger partial charge in [0.15, 0.2) is 5.96 Å². The highest BCUT2D eigenvalue weighted by Gasteiger charge is 2.35. The van der Waals surface area contributed by atoms with Crippen LogP contribution < -0.4 is 10.5 Å². The van der Waals surface area contributed by atoms with Gasteiger partial charge in [0.05, 0.1) is 4.90 Å². The summed E-state index contributed by atoms with van der Waals surface area (Å²) in [6.07, 6.45) is 6.26. The number of aliphatic imine (C=N–C) groups is 1. The Labute approximate surface area is 173 Å². The Morgan fingerprint density at radius 3 is 2.27 bits per heavy atom. The highest BCUT2D eigenvalue weighted by molar-refractivity contribution is 14.0. The van der Waals surface area contributed by atoms with Crippen LogP contribution in [0.5, 0.6) is 0 Å². The van der Waals surface area contributed by atoms with Gasteiger partial charge in [-0.2, -0.15) is 0 Å². The van der Waals surface area contributed by atoms with Crippen LogP contribution in [0, 0.1) is 11.8 Å². The average Bonchev–Trinajstić information content (AvgIpc) is 3.02. The zero-order chi connectivity index (χ0) is 17.9. The van der Waals surface area contributed by atoms with Gasteiger partial charge in [0.25, 0.3) is 0 Å². The maximum Gasteiger partial charge on any atom is 0.238 e. The molecule has 0 bridgehead atoms. The number of nitrogens with one attached hydrogen (secondary N) is 1. The van der Waals surface area contributed by atoms with Gasteiger partial charge in [-0.05, 0) is 48.8 Å². The van der Waals surface area contributed by atoms with Crippen molar-refractivity contribution in [1.29, 1.82) is 0 Å². The molecule has 26 heavy (non-hydrogen) atoms. The Balaban J connectivity index is 0.00000243. The molecule has 6 nitrogen and oxygen atoms in total. The molecule has 1 saturated carbocycles. The highest BCUT2D eigenvalue weighted by Crippen LogP contribution is 2.35. The second-order valence-corrected chi connectivity index (χ2v) is 8.68. The Kier molecular flexibility index (Phi) is 7.72. The van der Waals surface area contributed by atoms with Crippen molar-refractivity contribution >= 4 is 40.0 Å². The zero-order valence-electron chi connectivity index (χ0n) is 15.2. The molecule has 146 valence electrons. The number of rotatable bonds is 4. The van der Waals surface area contributed by atoms with E-state index in [1.807, 2.05) is 19.2 Å². The summed E-state index contributed by atoms with van der Waals surface area (Å²) in [5, 5.41) is 8.57. The number of benzene rings is 1. The highest BCUT2D eigenvalue weighted by atomic mass is 127. The number of halogens is 1. The van der Waals surface area contributed by atoms with Crippen LogP contribution in [0.3, 0.4) is 0 Å². The molecule has 1 aromatic rings. The molecular formula is C18H29IN4O2S. The molecular weight excluding hydrogens is 463 g/mol. The third-order valence-corrected chi connectivity index (χ3v) is 6.37. The van der Waals surface area contributed by atoms with E-state index in [2.05, 4.69) is 15.2 Å². The first-order chi connectivity index (χ1) is 12.0. The van der Waals surface area contributed by atoms with E-state index in [4.69, 9.17) is 5.14 Å². The summed E-state index contributed by atoms with van der Waals surface area (Å²) in [5.41, 5.74) is 1.07. The minimum absolute atomic E-state index is 0. The third-order valence-electron chi connectivity index (χ3n) is 5.44. The van der Waals surface area contributed by atoms with Gasteiger partial charge >= 0.3 is 0 Å². The molecule has 2 aliphatic rings. The van der Waals surface area contributed by atoms with E-state index in [1.165, 1.54) is 25.7 Å². The largest absolute Gasteiger partial charge is 0.356 e. The second-order valence-electron chi connectivity index (χ2n) is 7.12. The molecule has 2 atom stereocenters. The number of fused-ring (bicyclic) bond motifs is 1. The summed E-state index contributed by atoms with van der Waals surface area (Å²) >= 11 is 0. The molecule has 0 amide bonds. The summed E-state index contributed by atoms with van der Waals surface area (Å²) in [5.74, 6) is 2.65. The van der Waals surface area contributed by atoms with Crippen LogP contribution in [0.25, 0.3) is 0 Å². The smallest absolute Gasteiger partial charge is 0.238 e. The molecule has 1 saturated heterocycles. The van der Waals surface area contributed by atoms with E-state index in [0.29, 0.717) is 0 Å². The van der Waals surface area contributed by atoms with Crippen molar-refractivity contribution in [3.63, 3.8) is 0 Å². The first-order valence-electron chi connectivity index (χ1n) is 9.04. The van der Waals surface area contributed by atoms with Gasteiger partial charge in [0.2, 0.25) is 10.0 Å². The van der Waals surface area contributed by atoms with Crippen LogP contribution in [0.15, 0.2) is 34.2 Å². The fraction of sp³-hybridized carbons (Fsp3) is 0.611. The molecule has 1 aliphatic heterocycles. The number of primary sulfonamides is 1. The van der Waals surface area contributed by atoms with Crippen molar-refractivity contribution in [3.05, 3.63) is 29.8 Å². The van der Waals surface area contributed by atoms with Gasteiger partial charge < -0.3 is 10.2 Å². The normalized spacial score (nSPS) is 23.3. The molecule has 0 aromatic heterocycles. The Hall–Kier alpha value is -0.870. The second kappa shape index (κ2) is 9.36. The van der Waals surface area contributed by atoms with Crippen LogP contribution in [-0.4, -0.2) is 46.0 Å². The SMILES string of the molecule is CN=C(NCCc1ccc(S(N)(=O)=O)cc1)N1CC2CCCCC2C1.I. The van der Waals surface area contributed by atoms with Crippen molar-refractivity contribution in [2.24, 2.45) is 22.0 Å². The topological polar surface area (TPSA) is 87.8 Å². The Bertz CT molecular complexity index is 707. The zero-order valence-corrected chi connectivity index (χ0v) is 18.4. The maximum absolute atomic E-state index is 11.3. The molecule has 3 rings (SSSR count). The number of guanidine groups is 1. The summed E-state index contributed by atoms with van der Waals surface area (Å²) in [7, 11) is -1.78. The molecule has 0 spiro atoms. The van der Waals surface area contributed by atoms with Gasteiger partial charge in [0, 0.05) is 26.7 Å². The lowest BCUT2D eigenvalue weighted by Crippen LogP contribution is -2.41. The number of sulfonamides is 1. The lowest BCUT2D eigenvalue weighted by Gasteiger charge is -2.22. The quantitative estimate of drug-likeness (QED) is 0.383. The van der Waals surface area contributed by atoms with Crippen molar-refractivity contribution in [2.75, 3.05) is 26.7 Å². The lowest BCUT2D eigenvalue weighted by atomic mass is 9.82. The van der Waals surface area contributed by atoms with Gasteiger partial charge in [-0.25, -0.2) is 13.6 Å². The number of likely N-dealkylation sites (tertiary alicyclic amines) is 1. The first kappa shape index (κ1) is 21.4. The van der Waals surface area contributed by atoms with E-state index >= 15 is 0 Å². The van der Waals surface area contributed by atoms with Gasteiger partial charge in [-0.1, -0.05) is 25.0 Å². The van der Waals surface area contributed by atoms with E-state index in [0.717, 1.165) is 49.4 Å². The standard InChI is InChI=1S/C18H28N4O2S.HI/c1-20-18(22-12-15-4-2-3-5-16(15)13-22)21-11-10-14-6-8-17(9-7-14)25(19,23)24;/h6-9,15-16H,2-5,10-13H2,1H3,(H,20,21)(H2,19,23,24);1H. The number of hydrogen-bond donors (Lipinski definition) is 2. The fourth-order valence-corrected chi connectivity index (χ4v) is 4.59. The fourth-order valence-electron chi connectivity index (χ4n) is 4.08. The number of nitrogens with two attached hydrogens (primary N) is 1. The predicted octanol–water partition coefficient (Wildman–Crippen LogP) is 2.19. The van der Waals surface area contributed by atoms with E-state index in [9.17, 15) is 8.42 Å². The maximum atomic E-state index is 11.3. The van der Waals surface area contributed by atoms with Crippen molar-refractivity contribution < 1.29 is 8.42 Å². The van der Waals surface area contributed by atoms with Gasteiger partial charge in [0.1, 0.15) is 0 Å². The third kappa shape index (κ3) is 5.32. The molecule has 8 heteroatoms. The Morgan fingerprint density at radius 2 is 1.77 bits per heavy atom. The van der Waals surface area contributed by atoms with E-state index < -0.39 is 10.0 Å². The molecule has 0 radical (unpaired) electrons. The van der Waals surface area contributed by atoms with Crippen LogP contribution >= 0.6 is 24.0 Å². The molecule has 1 aromatic carbocycles. The van der Waals surface area contributed by atoms with Gasteiger partial charge in [-0.3, -0.25) is 4.99 Å². The first-order valence-corrected chi connectivity index (χ1v) is 10.6. The number of hydrogen-bond acceptors (Lipinski definition) is 3. The van der Waals surface area contributed by atoms with Crippen LogP contribution in [0.4, 0.5) is 0 Å². The minimum atomic E-state index is -3.62. The van der Waals surface area contributed by atoms with Crippen molar-refractivity contribution in [3.8, 4) is 0 Å². The molecule has 3 N–H and O–H groups in total. The van der Waals surface area contributed by atoms with Crippen LogP contribution in [0.2, 0.25) is 0 Å². The summed E-state index contributed by atoms with van der Waals surface area (Å²) in [4.78, 5) is 6.99. The van der Waals surface area contributed by atoms with Crippen molar-refractivity contribution in [1.82, 2.24) is 10.2 Å². The van der Waals surface area contributed by atoms with E-state index in [1.54, 1.807) is 12.1 Å². The Morgan fingerprint density at radius 1 is 1.19 bits per heavy atom. The van der Waals surface area contributed by atoms with E-state index in [-0.39, 0.29) is 28.9 Å². The van der Waals surface area contributed by atoms with Crippen LogP contribution in [-0.2, 0) is 16.4 Å². The van der Waals surface area contributed by atoms with Crippen molar-refractivity contribution in [2.45, 2.75) is 37.0 Å². The summed E-state index contributed by atoms with van der Waals surface area (Å²) < 4.78 is 22.6.